The van der Waals surface area contributed by atoms with Crippen molar-refractivity contribution in [1.29, 1.82) is 0 Å². The summed E-state index contributed by atoms with van der Waals surface area (Å²) in [5.74, 6) is -0.201. The molecule has 35 heavy (non-hydrogen) atoms. The summed E-state index contributed by atoms with van der Waals surface area (Å²) in [6, 6.07) is 15.1. The molecule has 2 N–H and O–H groups in total. The monoisotopic (exact) mass is 479 g/mol. The van der Waals surface area contributed by atoms with Crippen LogP contribution in [0.25, 0.3) is 0 Å². The number of hydrogen-bond acceptors (Lipinski definition) is 5. The number of nitrogens with one attached hydrogen (secondary N) is 2. The number of carbonyl (C=O) groups is 3. The average molecular weight is 480 g/mol. The standard InChI is InChI=1S/C27H33N3O5/c1-5-6-15-30-19(4)24(26(32)35-18(2)3)25(29-27(30)33)20-11-10-12-21(16-20)28-23(31)17-34-22-13-8-7-9-14-22/h7-14,16,18,25H,5-6,15,17H2,1-4H3,(H,28,31)(H,29,33). The number of anilines is 1. The van der Waals surface area contributed by atoms with Gasteiger partial charge in [-0.2, -0.15) is 0 Å². The topological polar surface area (TPSA) is 97.0 Å². The van der Waals surface area contributed by atoms with Gasteiger partial charge in [0.05, 0.1) is 17.7 Å². The molecule has 0 aromatic heterocycles. The van der Waals surface area contributed by atoms with Crippen molar-refractivity contribution < 1.29 is 23.9 Å². The van der Waals surface area contributed by atoms with Crippen LogP contribution in [0.15, 0.2) is 65.9 Å². The van der Waals surface area contributed by atoms with E-state index in [-0.39, 0.29) is 24.6 Å². The number of allylic oxidation sites excluding steroid dienone is 1. The summed E-state index contributed by atoms with van der Waals surface area (Å²) < 4.78 is 11.0. The van der Waals surface area contributed by atoms with Crippen LogP contribution in [-0.2, 0) is 14.3 Å². The van der Waals surface area contributed by atoms with E-state index < -0.39 is 12.0 Å². The van der Waals surface area contributed by atoms with Crippen LogP contribution in [0.1, 0.15) is 52.1 Å². The lowest BCUT2D eigenvalue weighted by atomic mass is 9.94. The Morgan fingerprint density at radius 2 is 1.86 bits per heavy atom. The van der Waals surface area contributed by atoms with Crippen LogP contribution in [0.3, 0.4) is 0 Å². The predicted octanol–water partition coefficient (Wildman–Crippen LogP) is 4.80. The van der Waals surface area contributed by atoms with E-state index in [0.29, 0.717) is 34.8 Å². The van der Waals surface area contributed by atoms with Gasteiger partial charge in [0.2, 0.25) is 0 Å². The molecule has 186 valence electrons. The van der Waals surface area contributed by atoms with E-state index in [0.717, 1.165) is 12.8 Å². The average Bonchev–Trinajstić information content (AvgIpc) is 2.82. The number of unbranched alkanes of at least 4 members (excludes halogenated alkanes) is 1. The van der Waals surface area contributed by atoms with Crippen LogP contribution < -0.4 is 15.4 Å². The summed E-state index contributed by atoms with van der Waals surface area (Å²) in [6.45, 7) is 7.75. The molecule has 1 aliphatic rings. The quantitative estimate of drug-likeness (QED) is 0.477. The zero-order chi connectivity index (χ0) is 25.4. The van der Waals surface area contributed by atoms with E-state index in [2.05, 4.69) is 10.6 Å². The number of rotatable bonds is 10. The molecule has 1 unspecified atom stereocenters. The molecule has 0 spiro atoms. The molecule has 3 amide bonds. The lowest BCUT2D eigenvalue weighted by molar-refractivity contribution is -0.143. The minimum Gasteiger partial charge on any atom is -0.484 e. The molecule has 0 saturated heterocycles. The van der Waals surface area contributed by atoms with Gasteiger partial charge in [-0.25, -0.2) is 9.59 Å². The normalized spacial score (nSPS) is 15.6. The summed E-state index contributed by atoms with van der Waals surface area (Å²) in [6.07, 6.45) is 1.43. The Kier molecular flexibility index (Phi) is 8.89. The summed E-state index contributed by atoms with van der Waals surface area (Å²) >= 11 is 0. The highest BCUT2D eigenvalue weighted by Gasteiger charge is 2.36. The molecule has 0 aliphatic carbocycles. The van der Waals surface area contributed by atoms with Gasteiger partial charge < -0.3 is 20.1 Å². The lowest BCUT2D eigenvalue weighted by Gasteiger charge is -2.35. The van der Waals surface area contributed by atoms with Crippen LogP contribution in [0.4, 0.5) is 10.5 Å². The number of benzene rings is 2. The molecule has 2 aromatic rings. The Bertz CT molecular complexity index is 1080. The molecule has 0 fully saturated rings. The molecular formula is C27H33N3O5. The fourth-order valence-corrected chi connectivity index (χ4v) is 3.82. The first-order valence-electron chi connectivity index (χ1n) is 11.9. The van der Waals surface area contributed by atoms with E-state index in [9.17, 15) is 14.4 Å². The van der Waals surface area contributed by atoms with Gasteiger partial charge in [-0.15, -0.1) is 0 Å². The molecule has 2 aromatic carbocycles. The molecule has 1 aliphatic heterocycles. The molecule has 0 saturated carbocycles. The van der Waals surface area contributed by atoms with Gasteiger partial charge >= 0.3 is 12.0 Å². The number of nitrogens with zero attached hydrogens (tertiary/aromatic N) is 1. The Hall–Kier alpha value is -3.81. The van der Waals surface area contributed by atoms with Crippen LogP contribution >= 0.6 is 0 Å². The van der Waals surface area contributed by atoms with E-state index in [1.54, 1.807) is 62.1 Å². The van der Waals surface area contributed by atoms with Crippen molar-refractivity contribution >= 4 is 23.6 Å². The maximum atomic E-state index is 13.1. The lowest BCUT2D eigenvalue weighted by Crippen LogP contribution is -2.48. The van der Waals surface area contributed by atoms with Crippen molar-refractivity contribution in [1.82, 2.24) is 10.2 Å². The van der Waals surface area contributed by atoms with Crippen LogP contribution in [-0.4, -0.2) is 42.1 Å². The molecule has 1 heterocycles. The Morgan fingerprint density at radius 3 is 2.54 bits per heavy atom. The minimum atomic E-state index is -0.705. The second-order valence-electron chi connectivity index (χ2n) is 8.62. The number of amides is 3. The van der Waals surface area contributed by atoms with Crippen LogP contribution in [0, 0.1) is 0 Å². The van der Waals surface area contributed by atoms with Gasteiger partial charge in [0.15, 0.2) is 6.61 Å². The van der Waals surface area contributed by atoms with Crippen molar-refractivity contribution in [2.75, 3.05) is 18.5 Å². The third-order valence-electron chi connectivity index (χ3n) is 5.51. The minimum absolute atomic E-state index is 0.147. The zero-order valence-corrected chi connectivity index (χ0v) is 20.7. The van der Waals surface area contributed by atoms with E-state index >= 15 is 0 Å². The highest BCUT2D eigenvalue weighted by atomic mass is 16.5. The summed E-state index contributed by atoms with van der Waals surface area (Å²) in [4.78, 5) is 40.0. The van der Waals surface area contributed by atoms with Crippen molar-refractivity contribution in [2.45, 2.75) is 52.7 Å². The zero-order valence-electron chi connectivity index (χ0n) is 20.7. The Balaban J connectivity index is 1.82. The molecule has 1 atom stereocenters. The first kappa shape index (κ1) is 25.8. The van der Waals surface area contributed by atoms with Gasteiger partial charge in [0.25, 0.3) is 5.91 Å². The van der Waals surface area contributed by atoms with Gasteiger partial charge in [0, 0.05) is 17.9 Å². The van der Waals surface area contributed by atoms with Crippen molar-refractivity contribution in [3.05, 3.63) is 71.4 Å². The number of para-hydroxylation sites is 1. The van der Waals surface area contributed by atoms with Crippen molar-refractivity contribution in [3.8, 4) is 5.75 Å². The molecule has 8 heteroatoms. The number of esters is 1. The SMILES string of the molecule is CCCCN1C(=O)NC(c2cccc(NC(=O)COc3ccccc3)c2)C(C(=O)OC(C)C)=C1C. The van der Waals surface area contributed by atoms with E-state index in [1.807, 2.05) is 25.1 Å². The number of carbonyl (C=O) groups excluding carboxylic acids is 3. The third-order valence-corrected chi connectivity index (χ3v) is 5.51. The van der Waals surface area contributed by atoms with Gasteiger partial charge in [0.1, 0.15) is 5.75 Å². The fourth-order valence-electron chi connectivity index (χ4n) is 3.82. The summed E-state index contributed by atoms with van der Waals surface area (Å²) in [7, 11) is 0. The summed E-state index contributed by atoms with van der Waals surface area (Å²) in [5, 5.41) is 5.75. The first-order chi connectivity index (χ1) is 16.8. The second kappa shape index (κ2) is 12.1. The number of urea groups is 1. The molecule has 0 bridgehead atoms. The van der Waals surface area contributed by atoms with Crippen LogP contribution in [0.5, 0.6) is 5.75 Å². The Labute approximate surface area is 206 Å². The fraction of sp³-hybridized carbons (Fsp3) is 0.370. The van der Waals surface area contributed by atoms with Crippen LogP contribution in [0.2, 0.25) is 0 Å². The molecule has 8 nitrogen and oxygen atoms in total. The molecule has 3 rings (SSSR count). The second-order valence-corrected chi connectivity index (χ2v) is 8.62. The maximum Gasteiger partial charge on any atom is 0.338 e. The Morgan fingerprint density at radius 1 is 1.11 bits per heavy atom. The first-order valence-corrected chi connectivity index (χ1v) is 11.9. The van der Waals surface area contributed by atoms with Gasteiger partial charge in [-0.05, 0) is 57.0 Å². The summed E-state index contributed by atoms with van der Waals surface area (Å²) in [5.41, 5.74) is 2.14. The van der Waals surface area contributed by atoms with Gasteiger partial charge in [-0.1, -0.05) is 43.7 Å². The van der Waals surface area contributed by atoms with E-state index in [1.165, 1.54) is 0 Å². The predicted molar refractivity (Wildman–Crippen MR) is 134 cm³/mol. The maximum absolute atomic E-state index is 13.1. The highest BCUT2D eigenvalue weighted by molar-refractivity contribution is 5.95. The van der Waals surface area contributed by atoms with Crippen molar-refractivity contribution in [3.63, 3.8) is 0 Å². The smallest absolute Gasteiger partial charge is 0.338 e. The molecule has 0 radical (unpaired) electrons. The van der Waals surface area contributed by atoms with Gasteiger partial charge in [-0.3, -0.25) is 9.69 Å². The third kappa shape index (κ3) is 6.85. The number of ether oxygens (including phenoxy) is 2. The highest BCUT2D eigenvalue weighted by Crippen LogP contribution is 2.33. The largest absolute Gasteiger partial charge is 0.484 e. The van der Waals surface area contributed by atoms with E-state index in [4.69, 9.17) is 9.47 Å². The van der Waals surface area contributed by atoms with Crippen molar-refractivity contribution in [2.24, 2.45) is 0 Å². The number of hydrogen-bond donors (Lipinski definition) is 2. The molecular weight excluding hydrogens is 446 g/mol.